The SMILES string of the molecule is C[Si](C)(C)[C@@H]1[C@@H]2[C@@H]([C@@H]3C=C[C@H]2C3)C1([Si](C)(C)C)[Si](C)(C)C. The Morgan fingerprint density at radius 1 is 0.762 bits per heavy atom. The number of hydrogen-bond acceptors (Lipinski definition) is 0. The van der Waals surface area contributed by atoms with Crippen molar-refractivity contribution in [3.63, 3.8) is 0 Å². The van der Waals surface area contributed by atoms with Crippen molar-refractivity contribution in [3.05, 3.63) is 12.2 Å². The summed E-state index contributed by atoms with van der Waals surface area (Å²) in [7, 11) is -3.50. The van der Waals surface area contributed by atoms with Crippen LogP contribution in [0, 0.1) is 23.7 Å². The Hall–Kier alpha value is 0.391. The molecule has 0 aliphatic heterocycles. The molecule has 5 atom stereocenters. The van der Waals surface area contributed by atoms with Gasteiger partial charge in [-0.1, -0.05) is 71.1 Å². The topological polar surface area (TPSA) is 0 Å². The van der Waals surface area contributed by atoms with Crippen molar-refractivity contribution in [2.75, 3.05) is 0 Å². The highest BCUT2D eigenvalue weighted by Crippen LogP contribution is 2.83. The number of fused-ring (bicyclic) bond motifs is 5. The van der Waals surface area contributed by atoms with Gasteiger partial charge < -0.3 is 0 Å². The van der Waals surface area contributed by atoms with Crippen molar-refractivity contribution in [3.8, 4) is 0 Å². The molecule has 2 saturated carbocycles. The van der Waals surface area contributed by atoms with Crippen molar-refractivity contribution in [2.24, 2.45) is 23.7 Å². The van der Waals surface area contributed by atoms with Gasteiger partial charge in [-0.3, -0.25) is 0 Å². The fourth-order valence-electron chi connectivity index (χ4n) is 7.67. The Morgan fingerprint density at radius 3 is 1.67 bits per heavy atom. The Labute approximate surface area is 135 Å². The molecule has 0 nitrogen and oxygen atoms in total. The summed E-state index contributed by atoms with van der Waals surface area (Å²) in [5.74, 6) is 4.05. The lowest BCUT2D eigenvalue weighted by molar-refractivity contribution is 0.115. The zero-order valence-electron chi connectivity index (χ0n) is 15.7. The van der Waals surface area contributed by atoms with E-state index in [2.05, 4.69) is 71.1 Å². The van der Waals surface area contributed by atoms with Gasteiger partial charge in [0.05, 0.1) is 0 Å². The summed E-state index contributed by atoms with van der Waals surface area (Å²) in [6, 6.07) is 0. The van der Waals surface area contributed by atoms with Gasteiger partial charge in [0.15, 0.2) is 0 Å². The quantitative estimate of drug-likeness (QED) is 0.431. The molecule has 0 radical (unpaired) electrons. The number of hydrogen-bond donors (Lipinski definition) is 0. The number of rotatable bonds is 3. The summed E-state index contributed by atoms with van der Waals surface area (Å²) in [6.45, 7) is 24.3. The van der Waals surface area contributed by atoms with Gasteiger partial charge in [-0.05, 0) is 40.3 Å². The van der Waals surface area contributed by atoms with Crippen LogP contribution in [-0.2, 0) is 0 Å². The summed E-state index contributed by atoms with van der Waals surface area (Å²) in [5, 5.41) is 0. The summed E-state index contributed by atoms with van der Waals surface area (Å²) >= 11 is 0. The lowest BCUT2D eigenvalue weighted by atomic mass is 9.65. The van der Waals surface area contributed by atoms with Crippen LogP contribution in [0.15, 0.2) is 12.2 Å². The van der Waals surface area contributed by atoms with Crippen LogP contribution in [0.3, 0.4) is 0 Å². The molecule has 0 amide bonds. The first kappa shape index (κ1) is 16.3. The first-order valence-corrected chi connectivity index (χ1v) is 19.6. The molecule has 2 bridgehead atoms. The van der Waals surface area contributed by atoms with Crippen molar-refractivity contribution >= 4 is 24.2 Å². The van der Waals surface area contributed by atoms with Gasteiger partial charge in [0, 0.05) is 24.2 Å². The molecule has 3 aliphatic rings. The monoisotopic (exact) mass is 336 g/mol. The minimum Gasteiger partial charge on any atom is -0.0848 e. The predicted molar refractivity (Wildman–Crippen MR) is 104 cm³/mol. The summed E-state index contributed by atoms with van der Waals surface area (Å²) in [6.07, 6.45) is 6.74. The Kier molecular flexibility index (Phi) is 3.30. The Balaban J connectivity index is 2.19. The van der Waals surface area contributed by atoms with Crippen LogP contribution in [-0.4, -0.2) is 24.2 Å². The van der Waals surface area contributed by atoms with Crippen LogP contribution in [0.2, 0.25) is 69.1 Å². The highest BCUT2D eigenvalue weighted by atomic mass is 28.4. The lowest BCUT2D eigenvalue weighted by Crippen LogP contribution is -2.73. The van der Waals surface area contributed by atoms with Crippen molar-refractivity contribution in [1.29, 1.82) is 0 Å². The third-order valence-corrected chi connectivity index (χ3v) is 21.4. The van der Waals surface area contributed by atoms with Crippen LogP contribution in [0.5, 0.6) is 0 Å². The van der Waals surface area contributed by atoms with Gasteiger partial charge in [-0.25, -0.2) is 0 Å². The second kappa shape index (κ2) is 4.27. The minimum atomic E-state index is -1.19. The molecular formula is C18H36Si3. The van der Waals surface area contributed by atoms with E-state index in [4.69, 9.17) is 0 Å². The van der Waals surface area contributed by atoms with E-state index in [1.165, 1.54) is 6.42 Å². The van der Waals surface area contributed by atoms with Crippen LogP contribution in [0.25, 0.3) is 0 Å². The van der Waals surface area contributed by atoms with E-state index in [0.717, 1.165) is 33.9 Å². The maximum Gasteiger partial charge on any atom is 0.0482 e. The zero-order chi connectivity index (χ0) is 16.0. The highest BCUT2D eigenvalue weighted by molar-refractivity contribution is 7.01. The third-order valence-electron chi connectivity index (χ3n) is 7.34. The average molecular weight is 337 g/mol. The summed E-state index contributed by atoms with van der Waals surface area (Å²) in [5.41, 5.74) is 1.10. The normalized spacial score (nSPS) is 41.1. The second-order valence-electron chi connectivity index (χ2n) is 11.3. The van der Waals surface area contributed by atoms with Crippen LogP contribution >= 0.6 is 0 Å². The van der Waals surface area contributed by atoms with Crippen LogP contribution in [0.4, 0.5) is 0 Å². The molecule has 0 heterocycles. The van der Waals surface area contributed by atoms with Gasteiger partial charge in [0.2, 0.25) is 0 Å². The van der Waals surface area contributed by atoms with E-state index in [-0.39, 0.29) is 0 Å². The fourth-order valence-corrected chi connectivity index (χ4v) is 30.1. The molecule has 0 saturated heterocycles. The Morgan fingerprint density at radius 2 is 1.24 bits per heavy atom. The largest absolute Gasteiger partial charge is 0.0848 e. The molecule has 0 aromatic heterocycles. The molecule has 3 heteroatoms. The second-order valence-corrected chi connectivity index (χ2v) is 27.8. The van der Waals surface area contributed by atoms with E-state index in [9.17, 15) is 0 Å². The van der Waals surface area contributed by atoms with Crippen molar-refractivity contribution in [2.45, 2.75) is 75.5 Å². The van der Waals surface area contributed by atoms with Crippen molar-refractivity contribution in [1.82, 2.24) is 0 Å². The maximum atomic E-state index is 2.71. The maximum absolute atomic E-state index is 2.71. The molecule has 0 spiro atoms. The summed E-state index contributed by atoms with van der Waals surface area (Å²) in [4.78, 5) is 0. The molecule has 0 aromatic carbocycles. The molecule has 2 fully saturated rings. The lowest BCUT2D eigenvalue weighted by Gasteiger charge is -2.75. The van der Waals surface area contributed by atoms with Crippen molar-refractivity contribution < 1.29 is 0 Å². The molecule has 120 valence electrons. The van der Waals surface area contributed by atoms with Gasteiger partial charge in [-0.15, -0.1) is 0 Å². The van der Waals surface area contributed by atoms with Gasteiger partial charge in [0.25, 0.3) is 0 Å². The smallest absolute Gasteiger partial charge is 0.0482 e. The fraction of sp³-hybridized carbons (Fsp3) is 0.889. The molecular weight excluding hydrogens is 300 g/mol. The zero-order valence-corrected chi connectivity index (χ0v) is 18.7. The first-order valence-electron chi connectivity index (χ1n) is 9.02. The molecule has 0 aromatic rings. The van der Waals surface area contributed by atoms with E-state index in [1.54, 1.807) is 0 Å². The minimum absolute atomic E-state index is 0.791. The third kappa shape index (κ3) is 1.83. The van der Waals surface area contributed by atoms with E-state index >= 15 is 0 Å². The van der Waals surface area contributed by atoms with Gasteiger partial charge in [0.1, 0.15) is 0 Å². The van der Waals surface area contributed by atoms with Gasteiger partial charge in [-0.2, -0.15) is 0 Å². The van der Waals surface area contributed by atoms with E-state index in [1.807, 2.05) is 0 Å². The standard InChI is InChI=1S/C18H36Si3/c1-19(2,3)17-15-13-10-11-14(12-13)16(15)18(17,20(4,5)6)21(7,8)9/h10-11,13-17H,12H2,1-9H3/t13-,14+,15-,16+,17+/m0/s1. The average Bonchev–Trinajstić information content (AvgIpc) is 2.66. The molecule has 0 unspecified atom stereocenters. The number of allylic oxidation sites excluding steroid dienone is 2. The van der Waals surface area contributed by atoms with E-state index < -0.39 is 24.2 Å². The molecule has 0 N–H and O–H groups in total. The summed E-state index contributed by atoms with van der Waals surface area (Å²) < 4.78 is 0.791. The first-order chi connectivity index (χ1) is 9.33. The van der Waals surface area contributed by atoms with E-state index in [0.29, 0.717) is 0 Å². The Bertz CT molecular complexity index is 458. The van der Waals surface area contributed by atoms with Crippen LogP contribution < -0.4 is 0 Å². The highest BCUT2D eigenvalue weighted by Gasteiger charge is 2.77. The van der Waals surface area contributed by atoms with Gasteiger partial charge >= 0.3 is 0 Å². The molecule has 3 rings (SSSR count). The van der Waals surface area contributed by atoms with Crippen LogP contribution in [0.1, 0.15) is 6.42 Å². The predicted octanol–water partition coefficient (Wildman–Crippen LogP) is 6.10. The molecule has 21 heavy (non-hydrogen) atoms. The molecule has 3 aliphatic carbocycles.